The third-order valence-electron chi connectivity index (χ3n) is 3.82. The molecule has 3 aliphatic carbocycles. The van der Waals surface area contributed by atoms with Crippen molar-refractivity contribution in [3.63, 3.8) is 0 Å². The van der Waals surface area contributed by atoms with Crippen molar-refractivity contribution < 1.29 is 4.74 Å². The molecule has 1 heteroatoms. The molecule has 3 rings (SSSR count). The summed E-state index contributed by atoms with van der Waals surface area (Å²) in [7, 11) is 1.82. The first-order valence-corrected chi connectivity index (χ1v) is 5.60. The van der Waals surface area contributed by atoms with Crippen LogP contribution in [-0.4, -0.2) is 12.7 Å². The highest BCUT2D eigenvalue weighted by Crippen LogP contribution is 2.51. The molecule has 0 spiro atoms. The lowest BCUT2D eigenvalue weighted by Crippen LogP contribution is -2.47. The molecular weight excluding hydrogens is 184 g/mol. The van der Waals surface area contributed by atoms with Crippen molar-refractivity contribution in [3.8, 4) is 0 Å². The summed E-state index contributed by atoms with van der Waals surface area (Å²) >= 11 is 0. The molecule has 0 saturated carbocycles. The van der Waals surface area contributed by atoms with Crippen LogP contribution in [-0.2, 0) is 4.74 Å². The van der Waals surface area contributed by atoms with Crippen molar-refractivity contribution in [1.82, 2.24) is 0 Å². The second-order valence-electron chi connectivity index (χ2n) is 5.25. The molecule has 0 amide bonds. The first-order chi connectivity index (χ1) is 7.03. The summed E-state index contributed by atoms with van der Waals surface area (Å²) in [5, 5.41) is 0. The van der Waals surface area contributed by atoms with Crippen LogP contribution in [0.3, 0.4) is 0 Å². The first kappa shape index (κ1) is 10.7. The summed E-state index contributed by atoms with van der Waals surface area (Å²) < 4.78 is 5.73. The fourth-order valence-corrected chi connectivity index (χ4v) is 3.12. The van der Waals surface area contributed by atoms with Gasteiger partial charge in [0.05, 0.1) is 5.60 Å². The molecular formula is C14H20O. The maximum Gasteiger partial charge on any atom is 0.0761 e. The predicted octanol–water partition coefficient (Wildman–Crippen LogP) is 3.49. The van der Waals surface area contributed by atoms with Gasteiger partial charge in [0.25, 0.3) is 0 Å². The van der Waals surface area contributed by atoms with Crippen LogP contribution in [0.1, 0.15) is 26.7 Å². The van der Waals surface area contributed by atoms with Crippen molar-refractivity contribution >= 4 is 0 Å². The summed E-state index contributed by atoms with van der Waals surface area (Å²) in [6, 6.07) is 0. The minimum Gasteiger partial charge on any atom is -0.378 e. The molecule has 0 aliphatic heterocycles. The van der Waals surface area contributed by atoms with Crippen molar-refractivity contribution in [1.29, 1.82) is 0 Å². The summed E-state index contributed by atoms with van der Waals surface area (Å²) in [5.74, 6) is 0.433. The number of hydrogen-bond acceptors (Lipinski definition) is 1. The Bertz CT molecular complexity index is 339. The van der Waals surface area contributed by atoms with Crippen LogP contribution < -0.4 is 0 Å². The van der Waals surface area contributed by atoms with Crippen LogP contribution in [0.5, 0.6) is 0 Å². The minimum atomic E-state index is -0.0312. The van der Waals surface area contributed by atoms with Gasteiger partial charge in [-0.15, -0.1) is 6.58 Å². The van der Waals surface area contributed by atoms with E-state index < -0.39 is 0 Å². The fourth-order valence-electron chi connectivity index (χ4n) is 3.12. The van der Waals surface area contributed by atoms with Crippen molar-refractivity contribution in [2.75, 3.05) is 7.11 Å². The zero-order valence-corrected chi connectivity index (χ0v) is 9.92. The Morgan fingerprint density at radius 1 is 1.60 bits per heavy atom. The highest BCUT2D eigenvalue weighted by Gasteiger charge is 2.47. The maximum absolute atomic E-state index is 5.73. The van der Waals surface area contributed by atoms with Gasteiger partial charge in [0.2, 0.25) is 0 Å². The van der Waals surface area contributed by atoms with E-state index in [9.17, 15) is 0 Å². The van der Waals surface area contributed by atoms with E-state index in [2.05, 4.69) is 38.7 Å². The van der Waals surface area contributed by atoms with Gasteiger partial charge in [0.1, 0.15) is 0 Å². The van der Waals surface area contributed by atoms with Crippen molar-refractivity contribution in [3.05, 3.63) is 36.5 Å². The highest BCUT2D eigenvalue weighted by molar-refractivity contribution is 5.36. The SMILES string of the molecule is C=CCC1=C[C@]2(C)C=C[C@H]1[C@](C)(OC)C2. The summed E-state index contributed by atoms with van der Waals surface area (Å²) in [6.45, 7) is 8.32. The molecule has 3 atom stereocenters. The number of allylic oxidation sites excluding steroid dienone is 3. The molecule has 0 fully saturated rings. The Hall–Kier alpha value is -0.820. The Kier molecular flexibility index (Phi) is 2.38. The average molecular weight is 204 g/mol. The van der Waals surface area contributed by atoms with Crippen LogP contribution in [0.4, 0.5) is 0 Å². The Labute approximate surface area is 92.5 Å². The predicted molar refractivity (Wildman–Crippen MR) is 63.7 cm³/mol. The number of rotatable bonds is 3. The molecule has 0 aromatic rings. The van der Waals surface area contributed by atoms with Gasteiger partial charge in [-0.2, -0.15) is 0 Å². The van der Waals surface area contributed by atoms with Gasteiger partial charge < -0.3 is 4.74 Å². The molecule has 0 radical (unpaired) electrons. The van der Waals surface area contributed by atoms with Gasteiger partial charge in [-0.25, -0.2) is 0 Å². The van der Waals surface area contributed by atoms with Crippen LogP contribution in [0.25, 0.3) is 0 Å². The maximum atomic E-state index is 5.73. The minimum absolute atomic E-state index is 0.0312. The van der Waals surface area contributed by atoms with E-state index in [1.54, 1.807) is 0 Å². The molecule has 0 unspecified atom stereocenters. The lowest BCUT2D eigenvalue weighted by molar-refractivity contribution is -0.0529. The van der Waals surface area contributed by atoms with Gasteiger partial charge in [0, 0.05) is 18.4 Å². The fraction of sp³-hybridized carbons (Fsp3) is 0.571. The van der Waals surface area contributed by atoms with Gasteiger partial charge in [-0.05, 0) is 19.8 Å². The van der Waals surface area contributed by atoms with E-state index in [0.29, 0.717) is 5.92 Å². The number of methoxy groups -OCH3 is 1. The summed E-state index contributed by atoms with van der Waals surface area (Å²) in [6.07, 6.45) is 11.1. The Balaban J connectivity index is 2.39. The van der Waals surface area contributed by atoms with Gasteiger partial charge in [-0.3, -0.25) is 0 Å². The van der Waals surface area contributed by atoms with E-state index in [1.807, 2.05) is 13.2 Å². The largest absolute Gasteiger partial charge is 0.378 e. The normalized spacial score (nSPS) is 42.9. The first-order valence-electron chi connectivity index (χ1n) is 5.60. The smallest absolute Gasteiger partial charge is 0.0761 e. The molecule has 0 aromatic heterocycles. The molecule has 0 aromatic carbocycles. The van der Waals surface area contributed by atoms with Crippen LogP contribution in [0, 0.1) is 11.3 Å². The van der Waals surface area contributed by atoms with E-state index in [4.69, 9.17) is 4.74 Å². The van der Waals surface area contributed by atoms with Gasteiger partial charge in [-0.1, -0.05) is 36.8 Å². The van der Waals surface area contributed by atoms with Crippen LogP contribution in [0.15, 0.2) is 36.5 Å². The second kappa shape index (κ2) is 3.34. The number of hydrogen-bond donors (Lipinski definition) is 0. The molecule has 82 valence electrons. The third-order valence-corrected chi connectivity index (χ3v) is 3.82. The summed E-state index contributed by atoms with van der Waals surface area (Å²) in [5.41, 5.74) is 1.61. The quantitative estimate of drug-likeness (QED) is 0.639. The zero-order chi connectivity index (χ0) is 11.1. The number of fused-ring (bicyclic) bond motifs is 1. The zero-order valence-electron chi connectivity index (χ0n) is 9.92. The Morgan fingerprint density at radius 2 is 2.33 bits per heavy atom. The molecule has 0 saturated heterocycles. The molecule has 15 heavy (non-hydrogen) atoms. The molecule has 2 bridgehead atoms. The number of ether oxygens (including phenoxy) is 1. The van der Waals surface area contributed by atoms with Crippen molar-refractivity contribution in [2.45, 2.75) is 32.3 Å². The standard InChI is InChI=1S/C14H20O/c1-5-6-11-9-13(2)8-7-12(11)14(3,10-13)15-4/h5,7-9,12H,1,6,10H2,2-4H3/t12-,13+,14-/m1/s1. The van der Waals surface area contributed by atoms with E-state index in [0.717, 1.165) is 12.8 Å². The van der Waals surface area contributed by atoms with Gasteiger partial charge in [0.15, 0.2) is 0 Å². The van der Waals surface area contributed by atoms with E-state index in [1.165, 1.54) is 5.57 Å². The van der Waals surface area contributed by atoms with Crippen molar-refractivity contribution in [2.24, 2.45) is 11.3 Å². The molecule has 0 N–H and O–H groups in total. The third kappa shape index (κ3) is 1.59. The van der Waals surface area contributed by atoms with Gasteiger partial charge >= 0.3 is 0 Å². The lowest BCUT2D eigenvalue weighted by atomic mass is 9.60. The highest BCUT2D eigenvalue weighted by atomic mass is 16.5. The molecule has 0 heterocycles. The van der Waals surface area contributed by atoms with Crippen LogP contribution in [0.2, 0.25) is 0 Å². The Morgan fingerprint density at radius 3 is 2.87 bits per heavy atom. The lowest BCUT2D eigenvalue weighted by Gasteiger charge is -2.49. The molecule has 3 aliphatic rings. The second-order valence-corrected chi connectivity index (χ2v) is 5.25. The molecule has 1 nitrogen and oxygen atoms in total. The van der Waals surface area contributed by atoms with E-state index in [-0.39, 0.29) is 11.0 Å². The summed E-state index contributed by atoms with van der Waals surface area (Å²) in [4.78, 5) is 0. The topological polar surface area (TPSA) is 9.23 Å². The monoisotopic (exact) mass is 204 g/mol. The average Bonchev–Trinajstić information content (AvgIpc) is 2.17. The van der Waals surface area contributed by atoms with Crippen LogP contribution >= 0.6 is 0 Å². The van der Waals surface area contributed by atoms with E-state index >= 15 is 0 Å².